The highest BCUT2D eigenvalue weighted by atomic mass is 16.4. The van der Waals surface area contributed by atoms with Crippen LogP contribution in [-0.2, 0) is 0 Å². The van der Waals surface area contributed by atoms with Crippen molar-refractivity contribution < 1.29 is 9.90 Å². The Morgan fingerprint density at radius 3 is 2.48 bits per heavy atom. The average Bonchev–Trinajstić information content (AvgIpc) is 2.93. The van der Waals surface area contributed by atoms with E-state index in [0.29, 0.717) is 16.7 Å². The van der Waals surface area contributed by atoms with Gasteiger partial charge in [0.1, 0.15) is 11.2 Å². The van der Waals surface area contributed by atoms with Crippen molar-refractivity contribution in [2.75, 3.05) is 5.73 Å². The van der Waals surface area contributed by atoms with Gasteiger partial charge in [-0.2, -0.15) is 0 Å². The molecule has 2 aromatic carbocycles. The number of carboxylic acids is 1. The third-order valence-corrected chi connectivity index (χ3v) is 3.95. The number of nitrogens with one attached hydrogen (secondary N) is 1. The van der Waals surface area contributed by atoms with Crippen LogP contribution in [0.4, 0.5) is 5.69 Å². The predicted octanol–water partition coefficient (Wildman–Crippen LogP) is 3.66. The van der Waals surface area contributed by atoms with Crippen LogP contribution in [0.15, 0.2) is 54.6 Å². The summed E-state index contributed by atoms with van der Waals surface area (Å²) in [5.41, 5.74) is 9.06. The number of carbonyl (C=O) groups is 1. The summed E-state index contributed by atoms with van der Waals surface area (Å²) in [7, 11) is 0. The van der Waals surface area contributed by atoms with Gasteiger partial charge in [-0.15, -0.1) is 0 Å². The number of nitrogens with two attached hydrogens (primary N) is 1. The normalized spacial score (nSPS) is 11.1. The smallest absolute Gasteiger partial charge is 0.340 e. The molecule has 4 N–H and O–H groups in total. The van der Waals surface area contributed by atoms with E-state index >= 15 is 0 Å². The van der Waals surface area contributed by atoms with E-state index in [4.69, 9.17) is 5.73 Å². The highest BCUT2D eigenvalue weighted by Gasteiger charge is 2.22. The number of aromatic nitrogens is 2. The van der Waals surface area contributed by atoms with E-state index in [2.05, 4.69) is 9.97 Å². The zero-order chi connectivity index (χ0) is 16.0. The van der Waals surface area contributed by atoms with Crippen LogP contribution < -0.4 is 5.73 Å². The number of para-hydroxylation sites is 1. The van der Waals surface area contributed by atoms with E-state index in [9.17, 15) is 9.90 Å². The number of benzene rings is 2. The van der Waals surface area contributed by atoms with Gasteiger partial charge >= 0.3 is 5.97 Å². The maximum Gasteiger partial charge on any atom is 0.340 e. The zero-order valence-corrected chi connectivity index (χ0v) is 12.1. The lowest BCUT2D eigenvalue weighted by Crippen LogP contribution is -2.07. The molecule has 2 aromatic heterocycles. The highest BCUT2D eigenvalue weighted by molar-refractivity contribution is 6.17. The van der Waals surface area contributed by atoms with Crippen LogP contribution >= 0.6 is 0 Å². The molecule has 5 nitrogen and oxygen atoms in total. The Hall–Kier alpha value is -3.34. The Kier molecular flexibility index (Phi) is 2.81. The fourth-order valence-electron chi connectivity index (χ4n) is 2.93. The Bertz CT molecular complexity index is 1050. The summed E-state index contributed by atoms with van der Waals surface area (Å²) in [6.07, 6.45) is 0. The molecule has 0 aliphatic carbocycles. The molecule has 112 valence electrons. The SMILES string of the molecule is Nc1c(C(=O)O)c(-c2ccccc2)nc2[nH]c3ccccc3c12. The van der Waals surface area contributed by atoms with Crippen molar-refractivity contribution in [3.63, 3.8) is 0 Å². The van der Waals surface area contributed by atoms with Gasteiger partial charge in [0.25, 0.3) is 0 Å². The zero-order valence-electron chi connectivity index (χ0n) is 12.1. The van der Waals surface area contributed by atoms with Gasteiger partial charge in [0.15, 0.2) is 0 Å². The van der Waals surface area contributed by atoms with Crippen LogP contribution in [0.1, 0.15) is 10.4 Å². The lowest BCUT2D eigenvalue weighted by Gasteiger charge is -2.09. The van der Waals surface area contributed by atoms with Gasteiger partial charge in [-0.1, -0.05) is 48.5 Å². The molecule has 4 aromatic rings. The molecule has 5 heteroatoms. The molecule has 0 saturated carbocycles. The van der Waals surface area contributed by atoms with Gasteiger partial charge in [0.05, 0.1) is 16.8 Å². The van der Waals surface area contributed by atoms with Crippen LogP contribution in [0.5, 0.6) is 0 Å². The molecule has 0 unspecified atom stereocenters. The number of nitrogens with zero attached hydrogens (tertiary/aromatic N) is 1. The van der Waals surface area contributed by atoms with E-state index in [-0.39, 0.29) is 11.3 Å². The van der Waals surface area contributed by atoms with Crippen molar-refractivity contribution in [3.8, 4) is 11.3 Å². The number of aromatic amines is 1. The minimum atomic E-state index is -1.08. The van der Waals surface area contributed by atoms with Crippen LogP contribution in [-0.4, -0.2) is 21.0 Å². The van der Waals surface area contributed by atoms with Crippen LogP contribution in [0, 0.1) is 0 Å². The number of fused-ring (bicyclic) bond motifs is 3. The minimum absolute atomic E-state index is 0.0356. The largest absolute Gasteiger partial charge is 0.478 e. The van der Waals surface area contributed by atoms with Gasteiger partial charge < -0.3 is 15.8 Å². The summed E-state index contributed by atoms with van der Waals surface area (Å²) in [6, 6.07) is 16.8. The first-order valence-electron chi connectivity index (χ1n) is 7.15. The standard InChI is InChI=1S/C18H13N3O2/c19-15-13-11-8-4-5-9-12(11)20-17(13)21-16(14(15)18(22)23)10-6-2-1-3-7-10/h1-9H,(H,22,23)(H3,19,20,21). The number of rotatable bonds is 2. The fraction of sp³-hybridized carbons (Fsp3) is 0. The number of carboxylic acid groups (broad SMARTS) is 1. The summed E-state index contributed by atoms with van der Waals surface area (Å²) < 4.78 is 0. The summed E-state index contributed by atoms with van der Waals surface area (Å²) >= 11 is 0. The quantitative estimate of drug-likeness (QED) is 0.527. The van der Waals surface area contributed by atoms with Crippen molar-refractivity contribution >= 4 is 33.6 Å². The number of pyridine rings is 1. The maximum absolute atomic E-state index is 11.8. The first kappa shape index (κ1) is 13.3. The van der Waals surface area contributed by atoms with Gasteiger partial charge in [-0.25, -0.2) is 9.78 Å². The van der Waals surface area contributed by atoms with Crippen molar-refractivity contribution in [2.45, 2.75) is 0 Å². The van der Waals surface area contributed by atoms with Gasteiger partial charge in [0.2, 0.25) is 0 Å². The second-order valence-electron chi connectivity index (χ2n) is 5.31. The average molecular weight is 303 g/mol. The lowest BCUT2D eigenvalue weighted by atomic mass is 10.0. The van der Waals surface area contributed by atoms with Crippen LogP contribution in [0.2, 0.25) is 0 Å². The van der Waals surface area contributed by atoms with Crippen molar-refractivity contribution in [1.82, 2.24) is 9.97 Å². The van der Waals surface area contributed by atoms with E-state index in [1.54, 1.807) is 0 Å². The van der Waals surface area contributed by atoms with Crippen LogP contribution in [0.3, 0.4) is 0 Å². The minimum Gasteiger partial charge on any atom is -0.478 e. The molecule has 4 rings (SSSR count). The Morgan fingerprint density at radius 1 is 1.04 bits per heavy atom. The Balaban J connectivity index is 2.17. The summed E-state index contributed by atoms with van der Waals surface area (Å²) in [6.45, 7) is 0. The van der Waals surface area contributed by atoms with Crippen LogP contribution in [0.25, 0.3) is 33.2 Å². The molecule has 0 spiro atoms. The molecule has 0 atom stereocenters. The lowest BCUT2D eigenvalue weighted by molar-refractivity contribution is 0.0698. The van der Waals surface area contributed by atoms with Gasteiger partial charge in [-0.05, 0) is 6.07 Å². The molecule has 0 aliphatic heterocycles. The molecular weight excluding hydrogens is 290 g/mol. The predicted molar refractivity (Wildman–Crippen MR) is 90.4 cm³/mol. The molecule has 0 amide bonds. The molecule has 0 saturated heterocycles. The summed E-state index contributed by atoms with van der Waals surface area (Å²) in [5.74, 6) is -1.08. The monoisotopic (exact) mass is 303 g/mol. The molecule has 23 heavy (non-hydrogen) atoms. The molecular formula is C18H13N3O2. The molecule has 2 heterocycles. The van der Waals surface area contributed by atoms with E-state index in [1.807, 2.05) is 54.6 Å². The summed E-state index contributed by atoms with van der Waals surface area (Å²) in [5, 5.41) is 11.2. The Morgan fingerprint density at radius 2 is 1.74 bits per heavy atom. The fourth-order valence-corrected chi connectivity index (χ4v) is 2.93. The molecule has 0 aliphatic rings. The number of hydrogen-bond acceptors (Lipinski definition) is 3. The third-order valence-electron chi connectivity index (χ3n) is 3.95. The van der Waals surface area contributed by atoms with E-state index in [1.165, 1.54) is 0 Å². The number of hydrogen-bond donors (Lipinski definition) is 3. The second-order valence-corrected chi connectivity index (χ2v) is 5.31. The van der Waals surface area contributed by atoms with E-state index < -0.39 is 5.97 Å². The first-order valence-corrected chi connectivity index (χ1v) is 7.15. The Labute approximate surface area is 131 Å². The molecule has 0 radical (unpaired) electrons. The maximum atomic E-state index is 11.8. The van der Waals surface area contributed by atoms with Crippen molar-refractivity contribution in [1.29, 1.82) is 0 Å². The highest BCUT2D eigenvalue weighted by Crippen LogP contribution is 2.36. The number of nitrogen functional groups attached to an aromatic ring is 1. The first-order chi connectivity index (χ1) is 11.2. The molecule has 0 bridgehead atoms. The summed E-state index contributed by atoms with van der Waals surface area (Å²) in [4.78, 5) is 19.5. The van der Waals surface area contributed by atoms with Crippen molar-refractivity contribution in [3.05, 3.63) is 60.2 Å². The van der Waals surface area contributed by atoms with Crippen molar-refractivity contribution in [2.24, 2.45) is 0 Å². The second kappa shape index (κ2) is 4.84. The number of anilines is 1. The van der Waals surface area contributed by atoms with Gasteiger partial charge in [0, 0.05) is 16.5 Å². The molecule has 0 fully saturated rings. The number of aromatic carboxylic acids is 1. The van der Waals surface area contributed by atoms with Gasteiger partial charge in [-0.3, -0.25) is 0 Å². The topological polar surface area (TPSA) is 92.0 Å². The number of H-pyrrole nitrogens is 1. The van der Waals surface area contributed by atoms with E-state index in [0.717, 1.165) is 16.5 Å². The third kappa shape index (κ3) is 1.94.